The van der Waals surface area contributed by atoms with Crippen molar-refractivity contribution in [3.8, 4) is 0 Å². The second-order valence-electron chi connectivity index (χ2n) is 3.58. The lowest BCUT2D eigenvalue weighted by molar-refractivity contribution is 0.121. The van der Waals surface area contributed by atoms with Crippen LogP contribution in [0.15, 0.2) is 5.16 Å². The number of carbonyl (C=O) groups is 1. The van der Waals surface area contributed by atoms with Crippen LogP contribution in [0.25, 0.3) is 0 Å². The number of likely N-dealkylation sites (N-methyl/N-ethyl adjacent to an activating group) is 1. The minimum Gasteiger partial charge on any atom is -0.446 e. The summed E-state index contributed by atoms with van der Waals surface area (Å²) in [6.45, 7) is 4.41. The molecule has 0 aromatic carbocycles. The third-order valence-corrected chi connectivity index (χ3v) is 3.21. The van der Waals surface area contributed by atoms with Crippen LogP contribution in [0.5, 0.6) is 0 Å². The summed E-state index contributed by atoms with van der Waals surface area (Å²) in [6.07, 6.45) is -1.53. The second kappa shape index (κ2) is 7.01. The molecule has 0 radical (unpaired) electrons. The molecule has 0 saturated carbocycles. The third kappa shape index (κ3) is 5.68. The first-order chi connectivity index (χ1) is 8.22. The van der Waals surface area contributed by atoms with Gasteiger partial charge in [-0.2, -0.15) is 12.7 Å². The molecule has 9 nitrogen and oxygen atoms in total. The Kier molecular flexibility index (Phi) is 6.41. The van der Waals surface area contributed by atoms with E-state index in [0.717, 1.165) is 4.31 Å². The predicted octanol–water partition coefficient (Wildman–Crippen LogP) is -0.566. The van der Waals surface area contributed by atoms with E-state index in [1.54, 1.807) is 18.6 Å². The molecule has 0 saturated heterocycles. The number of amides is 1. The molecule has 0 aromatic rings. The van der Waals surface area contributed by atoms with Gasteiger partial charge in [-0.3, -0.25) is 0 Å². The van der Waals surface area contributed by atoms with Gasteiger partial charge in [-0.15, -0.1) is 0 Å². The minimum atomic E-state index is -4.09. The summed E-state index contributed by atoms with van der Waals surface area (Å²) in [7, 11) is -4.09. The molecule has 106 valence electrons. The molecule has 0 aliphatic carbocycles. The van der Waals surface area contributed by atoms with Crippen molar-refractivity contribution in [3.05, 3.63) is 0 Å². The lowest BCUT2D eigenvalue weighted by atomic mass is 10.5. The summed E-state index contributed by atoms with van der Waals surface area (Å²) in [5.41, 5.74) is 5.21. The summed E-state index contributed by atoms with van der Waals surface area (Å²) < 4.78 is 30.6. The number of rotatable bonds is 6. The number of hydrogen-bond donors (Lipinski definition) is 3. The lowest BCUT2D eigenvalue weighted by Gasteiger charge is -2.20. The Morgan fingerprint density at radius 3 is 2.50 bits per heavy atom. The van der Waals surface area contributed by atoms with Crippen molar-refractivity contribution in [2.24, 2.45) is 10.9 Å². The fraction of sp³-hybridized carbons (Fsp3) is 0.750. The van der Waals surface area contributed by atoms with Gasteiger partial charge in [0.25, 0.3) is 0 Å². The monoisotopic (exact) mass is 282 g/mol. The van der Waals surface area contributed by atoms with Crippen molar-refractivity contribution in [3.63, 3.8) is 0 Å². The molecule has 0 aliphatic rings. The molecule has 0 spiro atoms. The van der Waals surface area contributed by atoms with E-state index in [9.17, 15) is 13.2 Å². The van der Waals surface area contributed by atoms with Crippen molar-refractivity contribution in [1.29, 1.82) is 0 Å². The molecule has 4 N–H and O–H groups in total. The lowest BCUT2D eigenvalue weighted by Crippen LogP contribution is -2.47. The fourth-order valence-corrected chi connectivity index (χ4v) is 2.02. The van der Waals surface area contributed by atoms with Gasteiger partial charge >= 0.3 is 16.3 Å². The average Bonchev–Trinajstić information content (AvgIpc) is 2.22. The maximum atomic E-state index is 11.7. The highest BCUT2D eigenvalue weighted by Crippen LogP contribution is 1.99. The number of carbonyl (C=O) groups excluding carboxylic acids is 1. The zero-order valence-electron chi connectivity index (χ0n) is 10.5. The zero-order chi connectivity index (χ0) is 14.3. The highest BCUT2D eigenvalue weighted by molar-refractivity contribution is 7.87. The quantitative estimate of drug-likeness (QED) is 0.258. The van der Waals surface area contributed by atoms with Gasteiger partial charge in [-0.25, -0.2) is 9.52 Å². The van der Waals surface area contributed by atoms with E-state index < -0.39 is 22.4 Å². The van der Waals surface area contributed by atoms with Crippen LogP contribution < -0.4 is 10.5 Å². The van der Waals surface area contributed by atoms with Gasteiger partial charge in [0.05, 0.1) is 12.6 Å². The Balaban J connectivity index is 4.73. The summed E-state index contributed by atoms with van der Waals surface area (Å²) >= 11 is 0. The number of hydrogen-bond acceptors (Lipinski definition) is 6. The van der Waals surface area contributed by atoms with E-state index in [1.807, 2.05) is 0 Å². The Morgan fingerprint density at radius 2 is 2.11 bits per heavy atom. The SMILES string of the molecule is CCN(CC(N)=NO)S(=O)(=O)NC(=O)OC(C)C. The molecule has 0 aromatic heterocycles. The molecule has 10 heteroatoms. The molecule has 18 heavy (non-hydrogen) atoms. The number of nitrogens with one attached hydrogen (secondary N) is 1. The van der Waals surface area contributed by atoms with Crippen molar-refractivity contribution in [1.82, 2.24) is 9.03 Å². The highest BCUT2D eigenvalue weighted by Gasteiger charge is 2.24. The van der Waals surface area contributed by atoms with Crippen molar-refractivity contribution in [2.75, 3.05) is 13.1 Å². The zero-order valence-corrected chi connectivity index (χ0v) is 11.3. The Labute approximate surface area is 106 Å². The maximum Gasteiger partial charge on any atom is 0.422 e. The number of amidine groups is 1. The van der Waals surface area contributed by atoms with Gasteiger partial charge < -0.3 is 15.7 Å². The average molecular weight is 282 g/mol. The molecule has 0 atom stereocenters. The largest absolute Gasteiger partial charge is 0.446 e. The van der Waals surface area contributed by atoms with E-state index in [1.165, 1.54) is 6.92 Å². The van der Waals surface area contributed by atoms with E-state index in [0.29, 0.717) is 0 Å². The minimum absolute atomic E-state index is 0.0422. The summed E-state index contributed by atoms with van der Waals surface area (Å²) in [4.78, 5) is 11.2. The van der Waals surface area contributed by atoms with E-state index in [4.69, 9.17) is 10.9 Å². The standard InChI is InChI=1S/C8H18N4O5S/c1-4-12(5-7(9)10-14)18(15,16)11-8(13)17-6(2)3/h6,14H,4-5H2,1-3H3,(H2,9,10)(H,11,13). The highest BCUT2D eigenvalue weighted by atomic mass is 32.2. The van der Waals surface area contributed by atoms with Crippen LogP contribution in [0.3, 0.4) is 0 Å². The molecule has 0 unspecified atom stereocenters. The van der Waals surface area contributed by atoms with Crippen LogP contribution in [-0.2, 0) is 14.9 Å². The Hall–Kier alpha value is -1.55. The molecule has 0 fully saturated rings. The first-order valence-corrected chi connectivity index (χ1v) is 6.61. The molecular weight excluding hydrogens is 264 g/mol. The Bertz CT molecular complexity index is 406. The molecule has 0 bridgehead atoms. The van der Waals surface area contributed by atoms with Crippen LogP contribution in [0, 0.1) is 0 Å². The number of oxime groups is 1. The van der Waals surface area contributed by atoms with Crippen molar-refractivity contribution < 1.29 is 23.2 Å². The first kappa shape index (κ1) is 16.4. The molecular formula is C8H18N4O5S. The van der Waals surface area contributed by atoms with Crippen LogP contribution >= 0.6 is 0 Å². The van der Waals surface area contributed by atoms with Crippen molar-refractivity contribution in [2.45, 2.75) is 26.9 Å². The smallest absolute Gasteiger partial charge is 0.422 e. The molecule has 1 amide bonds. The van der Waals surface area contributed by atoms with Gasteiger partial charge in [-0.05, 0) is 13.8 Å². The van der Waals surface area contributed by atoms with Gasteiger partial charge in [0, 0.05) is 6.54 Å². The van der Waals surface area contributed by atoms with Gasteiger partial charge in [0.1, 0.15) is 0 Å². The fourth-order valence-electron chi connectivity index (χ4n) is 0.987. The molecule has 0 heterocycles. The van der Waals surface area contributed by atoms with E-state index in [2.05, 4.69) is 9.89 Å². The van der Waals surface area contributed by atoms with Crippen molar-refractivity contribution >= 4 is 22.1 Å². The van der Waals surface area contributed by atoms with Gasteiger partial charge in [0.15, 0.2) is 5.84 Å². The van der Waals surface area contributed by atoms with Crippen LogP contribution in [-0.4, -0.2) is 49.1 Å². The van der Waals surface area contributed by atoms with E-state index >= 15 is 0 Å². The normalized spacial score (nSPS) is 12.8. The summed E-state index contributed by atoms with van der Waals surface area (Å²) in [5.74, 6) is -0.292. The van der Waals surface area contributed by atoms with Crippen LogP contribution in [0.2, 0.25) is 0 Å². The topological polar surface area (TPSA) is 134 Å². The number of ether oxygens (including phenoxy) is 1. The van der Waals surface area contributed by atoms with Gasteiger partial charge in [0.2, 0.25) is 0 Å². The van der Waals surface area contributed by atoms with Crippen LogP contribution in [0.1, 0.15) is 20.8 Å². The maximum absolute atomic E-state index is 11.7. The van der Waals surface area contributed by atoms with Gasteiger partial charge in [-0.1, -0.05) is 12.1 Å². The molecule has 0 rings (SSSR count). The number of nitrogens with two attached hydrogens (primary N) is 1. The molecule has 0 aliphatic heterocycles. The number of nitrogens with zero attached hydrogens (tertiary/aromatic N) is 2. The third-order valence-electron chi connectivity index (χ3n) is 1.71. The van der Waals surface area contributed by atoms with Crippen LogP contribution in [0.4, 0.5) is 4.79 Å². The Morgan fingerprint density at radius 1 is 1.56 bits per heavy atom. The van der Waals surface area contributed by atoms with E-state index in [-0.39, 0.29) is 18.9 Å². The second-order valence-corrected chi connectivity index (χ2v) is 5.25. The summed E-state index contributed by atoms with van der Waals surface area (Å²) in [6, 6.07) is 0. The first-order valence-electron chi connectivity index (χ1n) is 5.17. The predicted molar refractivity (Wildman–Crippen MR) is 64.3 cm³/mol. The summed E-state index contributed by atoms with van der Waals surface area (Å²) in [5, 5.41) is 11.0.